The number of fused-ring (bicyclic) bond motifs is 5. The van der Waals surface area contributed by atoms with Crippen molar-refractivity contribution in [3.63, 3.8) is 0 Å². The quantitative estimate of drug-likeness (QED) is 0.781. The molecule has 1 fully saturated rings. The summed E-state index contributed by atoms with van der Waals surface area (Å²) in [6.45, 7) is 6.96. The second kappa shape index (κ2) is 4.08. The van der Waals surface area contributed by atoms with Crippen molar-refractivity contribution in [3.8, 4) is 5.69 Å². The topological polar surface area (TPSA) is 26.9 Å². The van der Waals surface area contributed by atoms with Crippen LogP contribution in [-0.4, -0.2) is 9.36 Å². The predicted octanol–water partition coefficient (Wildman–Crippen LogP) is 4.00. The molecule has 1 heterocycles. The number of nitrogens with zero attached hydrogens (tertiary/aromatic N) is 2. The Bertz CT molecular complexity index is 828. The number of halogens is 1. The molecular formula is C18H21ClN2O. The van der Waals surface area contributed by atoms with Gasteiger partial charge in [0.25, 0.3) is 5.56 Å². The molecule has 1 saturated carbocycles. The fourth-order valence-corrected chi connectivity index (χ4v) is 5.02. The van der Waals surface area contributed by atoms with Gasteiger partial charge in [-0.05, 0) is 48.4 Å². The van der Waals surface area contributed by atoms with Crippen LogP contribution in [0.25, 0.3) is 5.69 Å². The normalized spacial score (nSPS) is 28.1. The third kappa shape index (κ3) is 1.41. The van der Waals surface area contributed by atoms with E-state index in [1.807, 2.05) is 31.3 Å². The van der Waals surface area contributed by atoms with E-state index in [0.29, 0.717) is 10.9 Å². The van der Waals surface area contributed by atoms with Crippen molar-refractivity contribution in [2.24, 2.45) is 12.5 Å². The molecule has 2 aliphatic carbocycles. The SMILES string of the molecule is Cn1c2c(c(=O)n1-c1ccc(Cl)cc1)[C@H]1CC[C@]2(C)C1(C)C. The first-order valence-corrected chi connectivity index (χ1v) is 8.25. The fourth-order valence-electron chi connectivity index (χ4n) is 4.90. The Morgan fingerprint density at radius 2 is 1.82 bits per heavy atom. The zero-order valence-electron chi connectivity index (χ0n) is 13.5. The number of aromatic nitrogens is 2. The van der Waals surface area contributed by atoms with E-state index in [1.54, 1.807) is 4.68 Å². The minimum Gasteiger partial charge on any atom is -0.284 e. The van der Waals surface area contributed by atoms with Gasteiger partial charge in [0.2, 0.25) is 0 Å². The Balaban J connectivity index is 2.00. The highest BCUT2D eigenvalue weighted by atomic mass is 35.5. The van der Waals surface area contributed by atoms with Crippen molar-refractivity contribution in [1.29, 1.82) is 0 Å². The van der Waals surface area contributed by atoms with Gasteiger partial charge in [0, 0.05) is 23.0 Å². The van der Waals surface area contributed by atoms with Crippen molar-refractivity contribution >= 4 is 11.6 Å². The second-order valence-corrected chi connectivity index (χ2v) is 7.96. The van der Waals surface area contributed by atoms with E-state index >= 15 is 0 Å². The van der Waals surface area contributed by atoms with Gasteiger partial charge in [-0.25, -0.2) is 4.68 Å². The maximum absolute atomic E-state index is 13.1. The highest BCUT2D eigenvalue weighted by Crippen LogP contribution is 2.66. The fraction of sp³-hybridized carbons (Fsp3) is 0.500. The van der Waals surface area contributed by atoms with Gasteiger partial charge in [0.05, 0.1) is 11.4 Å². The summed E-state index contributed by atoms with van der Waals surface area (Å²) >= 11 is 5.98. The minimum absolute atomic E-state index is 0.0819. The number of hydrogen-bond acceptors (Lipinski definition) is 1. The predicted molar refractivity (Wildman–Crippen MR) is 89.1 cm³/mol. The third-order valence-corrected chi connectivity index (χ3v) is 6.72. The molecule has 2 atom stereocenters. The van der Waals surface area contributed by atoms with Crippen LogP contribution in [0, 0.1) is 5.41 Å². The van der Waals surface area contributed by atoms with E-state index in [-0.39, 0.29) is 16.4 Å². The summed E-state index contributed by atoms with van der Waals surface area (Å²) < 4.78 is 3.87. The molecule has 0 aliphatic heterocycles. The van der Waals surface area contributed by atoms with Crippen LogP contribution in [0.15, 0.2) is 29.1 Å². The molecular weight excluding hydrogens is 296 g/mol. The van der Waals surface area contributed by atoms with Crippen molar-refractivity contribution < 1.29 is 0 Å². The lowest BCUT2D eigenvalue weighted by molar-refractivity contribution is 0.218. The van der Waals surface area contributed by atoms with Crippen LogP contribution in [0.5, 0.6) is 0 Å². The highest BCUT2D eigenvalue weighted by molar-refractivity contribution is 6.30. The van der Waals surface area contributed by atoms with E-state index in [0.717, 1.165) is 24.1 Å². The molecule has 0 saturated heterocycles. The lowest BCUT2D eigenvalue weighted by Crippen LogP contribution is -2.35. The maximum atomic E-state index is 13.1. The van der Waals surface area contributed by atoms with Crippen molar-refractivity contribution in [2.45, 2.75) is 44.9 Å². The Kier molecular flexibility index (Phi) is 2.62. The molecule has 1 aromatic carbocycles. The van der Waals surface area contributed by atoms with Crippen LogP contribution >= 0.6 is 11.6 Å². The van der Waals surface area contributed by atoms with E-state index < -0.39 is 0 Å². The molecule has 4 rings (SSSR count). The van der Waals surface area contributed by atoms with E-state index in [2.05, 4.69) is 25.5 Å². The highest BCUT2D eigenvalue weighted by Gasteiger charge is 2.62. The molecule has 0 spiro atoms. The molecule has 2 bridgehead atoms. The summed E-state index contributed by atoms with van der Waals surface area (Å²) in [5, 5.41) is 0.687. The molecule has 116 valence electrons. The Morgan fingerprint density at radius 1 is 1.18 bits per heavy atom. The van der Waals surface area contributed by atoms with Gasteiger partial charge in [-0.2, -0.15) is 0 Å². The van der Waals surface area contributed by atoms with Crippen LogP contribution in [0.3, 0.4) is 0 Å². The van der Waals surface area contributed by atoms with Crippen LogP contribution in [-0.2, 0) is 12.5 Å². The molecule has 2 aliphatic rings. The van der Waals surface area contributed by atoms with Crippen LogP contribution in [0.2, 0.25) is 5.02 Å². The molecule has 0 unspecified atom stereocenters. The Labute approximate surface area is 135 Å². The lowest BCUT2D eigenvalue weighted by atomic mass is 9.70. The summed E-state index contributed by atoms with van der Waals surface area (Å²) in [5.74, 6) is 0.375. The first kappa shape index (κ1) is 14.1. The van der Waals surface area contributed by atoms with Gasteiger partial charge in [-0.1, -0.05) is 32.4 Å². The molecule has 1 aromatic heterocycles. The van der Waals surface area contributed by atoms with Crippen molar-refractivity contribution in [2.75, 3.05) is 0 Å². The number of rotatable bonds is 1. The Hall–Kier alpha value is -1.48. The van der Waals surface area contributed by atoms with Crippen LogP contribution < -0.4 is 5.56 Å². The van der Waals surface area contributed by atoms with Gasteiger partial charge in [0.15, 0.2) is 0 Å². The first-order chi connectivity index (χ1) is 10.3. The first-order valence-electron chi connectivity index (χ1n) is 7.87. The van der Waals surface area contributed by atoms with E-state index in [4.69, 9.17) is 11.6 Å². The number of benzene rings is 1. The molecule has 4 heteroatoms. The summed E-state index contributed by atoms with van der Waals surface area (Å²) in [4.78, 5) is 13.1. The molecule has 22 heavy (non-hydrogen) atoms. The minimum atomic E-state index is 0.0819. The van der Waals surface area contributed by atoms with E-state index in [9.17, 15) is 4.79 Å². The zero-order chi connectivity index (χ0) is 15.9. The largest absolute Gasteiger partial charge is 0.284 e. The molecule has 3 nitrogen and oxygen atoms in total. The summed E-state index contributed by atoms with van der Waals surface area (Å²) in [6, 6.07) is 7.49. The standard InChI is InChI=1S/C18H21ClN2O/c1-17(2)13-9-10-18(17,3)15-14(13)16(22)21(20(15)4)12-7-5-11(19)6-8-12/h5-8,13H,9-10H2,1-4H3/t13-,18+/m1/s1. The lowest BCUT2D eigenvalue weighted by Gasteiger charge is -2.36. The third-order valence-electron chi connectivity index (χ3n) is 6.47. The molecule has 2 aromatic rings. The average molecular weight is 317 g/mol. The van der Waals surface area contributed by atoms with Gasteiger partial charge in [0.1, 0.15) is 0 Å². The number of hydrogen-bond donors (Lipinski definition) is 0. The molecule has 0 N–H and O–H groups in total. The molecule has 0 amide bonds. The molecule has 0 radical (unpaired) electrons. The average Bonchev–Trinajstić information content (AvgIpc) is 2.92. The summed E-state index contributed by atoms with van der Waals surface area (Å²) in [5.41, 5.74) is 3.53. The summed E-state index contributed by atoms with van der Waals surface area (Å²) in [7, 11) is 2.01. The van der Waals surface area contributed by atoms with Gasteiger partial charge >= 0.3 is 0 Å². The second-order valence-electron chi connectivity index (χ2n) is 7.52. The van der Waals surface area contributed by atoms with Crippen LogP contribution in [0.4, 0.5) is 0 Å². The maximum Gasteiger partial charge on any atom is 0.275 e. The van der Waals surface area contributed by atoms with Gasteiger partial charge < -0.3 is 0 Å². The smallest absolute Gasteiger partial charge is 0.275 e. The summed E-state index contributed by atoms with van der Waals surface area (Å²) in [6.07, 6.45) is 2.28. The van der Waals surface area contributed by atoms with Gasteiger partial charge in [-0.15, -0.1) is 0 Å². The van der Waals surface area contributed by atoms with Crippen LogP contribution in [0.1, 0.15) is 50.8 Å². The van der Waals surface area contributed by atoms with Crippen molar-refractivity contribution in [3.05, 3.63) is 50.9 Å². The monoisotopic (exact) mass is 316 g/mol. The van der Waals surface area contributed by atoms with Crippen molar-refractivity contribution in [1.82, 2.24) is 9.36 Å². The Morgan fingerprint density at radius 3 is 2.41 bits per heavy atom. The zero-order valence-corrected chi connectivity index (χ0v) is 14.2. The van der Waals surface area contributed by atoms with E-state index in [1.165, 1.54) is 5.69 Å². The van der Waals surface area contributed by atoms with Gasteiger partial charge in [-0.3, -0.25) is 9.48 Å².